The molecule has 0 aliphatic heterocycles. The van der Waals surface area contributed by atoms with E-state index in [9.17, 15) is 19.8 Å². The Morgan fingerprint density at radius 2 is 1.86 bits per heavy atom. The van der Waals surface area contributed by atoms with E-state index in [1.54, 1.807) is 0 Å². The van der Waals surface area contributed by atoms with Crippen LogP contribution in [0.2, 0.25) is 0 Å². The standard InChI is InChI=1S/C24H34O5/c1-29-21(27)12-8-3-2-7-11-17-20(26)15-18-22(17)23(18)24(28)19(25)14-13-16-9-5-4-6-10-16/h4-6,9-10,17-19,22-25,28H,2-3,7-8,11-15H2,1H3/t17-,18?,19?,22?,23?,24?/m0/s1. The van der Waals surface area contributed by atoms with Crippen LogP contribution in [0.4, 0.5) is 0 Å². The van der Waals surface area contributed by atoms with E-state index in [0.717, 1.165) is 44.1 Å². The Kier molecular flexibility index (Phi) is 7.84. The summed E-state index contributed by atoms with van der Waals surface area (Å²) < 4.78 is 4.64. The van der Waals surface area contributed by atoms with E-state index >= 15 is 0 Å². The SMILES string of the molecule is COC(=O)CCCCCC[C@H]1C(=O)CC2C(C(O)C(O)CCc3ccccc3)C21. The van der Waals surface area contributed by atoms with Gasteiger partial charge in [-0.2, -0.15) is 0 Å². The van der Waals surface area contributed by atoms with E-state index in [1.165, 1.54) is 7.11 Å². The molecule has 160 valence electrons. The molecule has 0 bridgehead atoms. The van der Waals surface area contributed by atoms with E-state index in [0.29, 0.717) is 25.0 Å². The van der Waals surface area contributed by atoms with Crippen LogP contribution in [0.3, 0.4) is 0 Å². The monoisotopic (exact) mass is 402 g/mol. The van der Waals surface area contributed by atoms with Gasteiger partial charge >= 0.3 is 5.97 Å². The molecule has 2 aliphatic rings. The summed E-state index contributed by atoms with van der Waals surface area (Å²) in [5.41, 5.74) is 1.16. The lowest BCUT2D eigenvalue weighted by Crippen LogP contribution is -2.32. The predicted octanol–water partition coefficient (Wildman–Crippen LogP) is 3.31. The van der Waals surface area contributed by atoms with E-state index in [2.05, 4.69) is 4.74 Å². The number of carbonyl (C=O) groups excluding carboxylic acids is 2. The molecule has 2 N–H and O–H groups in total. The normalized spacial score (nSPS) is 27.3. The summed E-state index contributed by atoms with van der Waals surface area (Å²) in [5, 5.41) is 21.1. The number of methoxy groups -OCH3 is 1. The van der Waals surface area contributed by atoms with Gasteiger partial charge in [-0.3, -0.25) is 9.59 Å². The average Bonchev–Trinajstić information content (AvgIpc) is 3.33. The van der Waals surface area contributed by atoms with Crippen molar-refractivity contribution in [2.75, 3.05) is 7.11 Å². The number of aryl methyl sites for hydroxylation is 1. The molecule has 0 heterocycles. The molecule has 2 saturated carbocycles. The van der Waals surface area contributed by atoms with Crippen LogP contribution >= 0.6 is 0 Å². The zero-order valence-electron chi connectivity index (χ0n) is 17.3. The second-order valence-corrected chi connectivity index (χ2v) is 8.71. The van der Waals surface area contributed by atoms with Crippen LogP contribution in [0, 0.1) is 23.7 Å². The fourth-order valence-corrected chi connectivity index (χ4v) is 5.18. The zero-order valence-corrected chi connectivity index (χ0v) is 17.3. The van der Waals surface area contributed by atoms with Crippen molar-refractivity contribution in [1.29, 1.82) is 0 Å². The highest BCUT2D eigenvalue weighted by atomic mass is 16.5. The number of rotatable bonds is 12. The number of unbranched alkanes of at least 4 members (excludes halogenated alkanes) is 3. The molecular weight excluding hydrogens is 368 g/mol. The zero-order chi connectivity index (χ0) is 20.8. The van der Waals surface area contributed by atoms with Crippen molar-refractivity contribution in [3.8, 4) is 0 Å². The van der Waals surface area contributed by atoms with Crippen molar-refractivity contribution >= 4 is 11.8 Å². The van der Waals surface area contributed by atoms with Gasteiger partial charge in [0.2, 0.25) is 0 Å². The third-order valence-corrected chi connectivity index (χ3v) is 6.84. The van der Waals surface area contributed by atoms with Gasteiger partial charge in [-0.1, -0.05) is 49.6 Å². The Morgan fingerprint density at radius 3 is 2.59 bits per heavy atom. The van der Waals surface area contributed by atoms with Gasteiger partial charge in [0.1, 0.15) is 5.78 Å². The molecule has 1 aromatic carbocycles. The summed E-state index contributed by atoms with van der Waals surface area (Å²) in [6.45, 7) is 0. The summed E-state index contributed by atoms with van der Waals surface area (Å²) in [6, 6.07) is 10.00. The lowest BCUT2D eigenvalue weighted by molar-refractivity contribution is -0.140. The van der Waals surface area contributed by atoms with Crippen molar-refractivity contribution in [3.05, 3.63) is 35.9 Å². The number of aliphatic hydroxyl groups is 2. The quantitative estimate of drug-likeness (QED) is 0.414. The average molecular weight is 403 g/mol. The first kappa shape index (κ1) is 22.0. The lowest BCUT2D eigenvalue weighted by atomic mass is 9.89. The number of hydrogen-bond acceptors (Lipinski definition) is 5. The van der Waals surface area contributed by atoms with Crippen molar-refractivity contribution in [1.82, 2.24) is 0 Å². The van der Waals surface area contributed by atoms with Gasteiger partial charge in [0.15, 0.2) is 0 Å². The number of Topliss-reactive ketones (excluding diaryl/α,β-unsaturated/α-hetero) is 1. The second-order valence-electron chi connectivity index (χ2n) is 8.71. The van der Waals surface area contributed by atoms with E-state index in [-0.39, 0.29) is 29.6 Å². The fraction of sp³-hybridized carbons (Fsp3) is 0.667. The van der Waals surface area contributed by atoms with E-state index in [1.807, 2.05) is 30.3 Å². The Hall–Kier alpha value is -1.72. The van der Waals surface area contributed by atoms with Crippen LogP contribution in [0.5, 0.6) is 0 Å². The summed E-state index contributed by atoms with van der Waals surface area (Å²) >= 11 is 0. The summed E-state index contributed by atoms with van der Waals surface area (Å²) in [4.78, 5) is 23.4. The van der Waals surface area contributed by atoms with Crippen molar-refractivity contribution < 1.29 is 24.5 Å². The molecule has 5 nitrogen and oxygen atoms in total. The third kappa shape index (κ3) is 5.67. The van der Waals surface area contributed by atoms with Crippen molar-refractivity contribution in [3.63, 3.8) is 0 Å². The van der Waals surface area contributed by atoms with Gasteiger partial charge in [0, 0.05) is 18.8 Å². The first-order valence-corrected chi connectivity index (χ1v) is 11.0. The Morgan fingerprint density at radius 1 is 1.14 bits per heavy atom. The smallest absolute Gasteiger partial charge is 0.305 e. The third-order valence-electron chi connectivity index (χ3n) is 6.84. The van der Waals surface area contributed by atoms with Gasteiger partial charge < -0.3 is 14.9 Å². The number of aliphatic hydroxyl groups excluding tert-OH is 2. The minimum Gasteiger partial charge on any atom is -0.469 e. The Labute approximate surface area is 173 Å². The molecule has 0 aromatic heterocycles. The molecule has 5 unspecified atom stereocenters. The van der Waals surface area contributed by atoms with Crippen LogP contribution in [0.15, 0.2) is 30.3 Å². The molecule has 0 saturated heterocycles. The first-order chi connectivity index (χ1) is 14.0. The number of hydrogen-bond donors (Lipinski definition) is 2. The number of esters is 1. The Bertz CT molecular complexity index is 673. The highest BCUT2D eigenvalue weighted by molar-refractivity contribution is 5.85. The van der Waals surface area contributed by atoms with Crippen molar-refractivity contribution in [2.45, 2.75) is 70.0 Å². The summed E-state index contributed by atoms with van der Waals surface area (Å²) in [6.07, 6.45) is 5.47. The van der Waals surface area contributed by atoms with Crippen LogP contribution in [-0.2, 0) is 20.7 Å². The highest BCUT2D eigenvalue weighted by Crippen LogP contribution is 2.62. The molecule has 0 spiro atoms. The van der Waals surface area contributed by atoms with Gasteiger partial charge in [-0.25, -0.2) is 0 Å². The maximum absolute atomic E-state index is 12.3. The largest absolute Gasteiger partial charge is 0.469 e. The van der Waals surface area contributed by atoms with Gasteiger partial charge in [-0.05, 0) is 49.0 Å². The minimum absolute atomic E-state index is 0.0431. The summed E-state index contributed by atoms with van der Waals surface area (Å²) in [7, 11) is 1.41. The van der Waals surface area contributed by atoms with Crippen LogP contribution < -0.4 is 0 Å². The van der Waals surface area contributed by atoms with E-state index in [4.69, 9.17) is 0 Å². The molecule has 29 heavy (non-hydrogen) atoms. The Balaban J connectivity index is 1.38. The highest BCUT2D eigenvalue weighted by Gasteiger charge is 2.64. The molecule has 2 fully saturated rings. The number of fused-ring (bicyclic) bond motifs is 1. The van der Waals surface area contributed by atoms with Gasteiger partial charge in [0.05, 0.1) is 19.3 Å². The van der Waals surface area contributed by atoms with Gasteiger partial charge in [-0.15, -0.1) is 0 Å². The molecular formula is C24H34O5. The first-order valence-electron chi connectivity index (χ1n) is 11.0. The van der Waals surface area contributed by atoms with E-state index < -0.39 is 12.2 Å². The second kappa shape index (κ2) is 10.4. The number of ether oxygens (including phenoxy) is 1. The van der Waals surface area contributed by atoms with Gasteiger partial charge in [0.25, 0.3) is 0 Å². The van der Waals surface area contributed by atoms with Crippen molar-refractivity contribution in [2.24, 2.45) is 23.7 Å². The number of carbonyl (C=O) groups is 2. The van der Waals surface area contributed by atoms with Crippen LogP contribution in [-0.4, -0.2) is 41.3 Å². The number of ketones is 1. The molecule has 0 radical (unpaired) electrons. The molecule has 0 amide bonds. The van der Waals surface area contributed by atoms with Crippen LogP contribution in [0.25, 0.3) is 0 Å². The fourth-order valence-electron chi connectivity index (χ4n) is 5.18. The topological polar surface area (TPSA) is 83.8 Å². The molecule has 3 rings (SSSR count). The number of benzene rings is 1. The minimum atomic E-state index is -0.736. The maximum Gasteiger partial charge on any atom is 0.305 e. The molecule has 5 heteroatoms. The summed E-state index contributed by atoms with van der Waals surface area (Å²) in [5.74, 6) is 0.785. The maximum atomic E-state index is 12.3. The molecule has 1 aromatic rings. The predicted molar refractivity (Wildman–Crippen MR) is 110 cm³/mol. The molecule has 6 atom stereocenters. The lowest BCUT2D eigenvalue weighted by Gasteiger charge is -2.21. The van der Waals surface area contributed by atoms with Crippen LogP contribution in [0.1, 0.15) is 56.9 Å². The molecule has 2 aliphatic carbocycles.